The van der Waals surface area contributed by atoms with Crippen molar-refractivity contribution in [1.82, 2.24) is 0 Å². The van der Waals surface area contributed by atoms with Crippen LogP contribution in [0.1, 0.15) is 12.8 Å². The fraction of sp³-hybridized carbons (Fsp3) is 0.538. The highest BCUT2D eigenvalue weighted by molar-refractivity contribution is 5.54. The van der Waals surface area contributed by atoms with Crippen molar-refractivity contribution in [2.24, 2.45) is 11.8 Å². The molecule has 0 unspecified atom stereocenters. The van der Waals surface area contributed by atoms with E-state index in [1.165, 1.54) is 0 Å². The number of anilines is 2. The highest BCUT2D eigenvalue weighted by Crippen LogP contribution is 2.48. The van der Waals surface area contributed by atoms with Crippen molar-refractivity contribution >= 4 is 11.4 Å². The van der Waals surface area contributed by atoms with Gasteiger partial charge in [-0.3, -0.25) is 0 Å². The molecule has 1 aromatic carbocycles. The van der Waals surface area contributed by atoms with Crippen molar-refractivity contribution in [3.8, 4) is 0 Å². The first-order chi connectivity index (χ1) is 8.06. The molecule has 2 N–H and O–H groups in total. The molecule has 0 spiro atoms. The van der Waals surface area contributed by atoms with Gasteiger partial charge in [0.25, 0.3) is 5.92 Å². The quantitative estimate of drug-likeness (QED) is 0.762. The van der Waals surface area contributed by atoms with Crippen LogP contribution in [-0.2, 0) is 0 Å². The molecule has 2 fully saturated rings. The molecule has 0 radical (unpaired) electrons. The number of benzene rings is 1. The summed E-state index contributed by atoms with van der Waals surface area (Å²) in [6.07, 6.45) is 0.723. The summed E-state index contributed by atoms with van der Waals surface area (Å²) in [4.78, 5) is 2.06. The molecule has 1 aliphatic heterocycles. The Bertz CT molecular complexity index is 416. The Hall–Kier alpha value is -1.32. The number of rotatable bonds is 1. The van der Waals surface area contributed by atoms with Crippen LogP contribution in [-0.4, -0.2) is 19.0 Å². The Morgan fingerprint density at radius 1 is 1.18 bits per heavy atom. The Morgan fingerprint density at radius 2 is 1.88 bits per heavy atom. The molecule has 17 heavy (non-hydrogen) atoms. The molecular formula is C13H16F2N2. The van der Waals surface area contributed by atoms with Gasteiger partial charge in [-0.15, -0.1) is 0 Å². The summed E-state index contributed by atoms with van der Waals surface area (Å²) in [6, 6.07) is 7.46. The number of alkyl halides is 2. The van der Waals surface area contributed by atoms with E-state index in [1.807, 2.05) is 24.3 Å². The Morgan fingerprint density at radius 3 is 2.53 bits per heavy atom. The molecule has 2 aliphatic rings. The largest absolute Gasteiger partial charge is 0.399 e. The molecule has 0 amide bonds. The molecule has 0 bridgehead atoms. The summed E-state index contributed by atoms with van der Waals surface area (Å²) in [7, 11) is 0. The highest BCUT2D eigenvalue weighted by Gasteiger charge is 2.53. The van der Waals surface area contributed by atoms with E-state index in [2.05, 4.69) is 4.90 Å². The predicted molar refractivity (Wildman–Crippen MR) is 64.2 cm³/mol. The van der Waals surface area contributed by atoms with Crippen LogP contribution in [0.15, 0.2) is 24.3 Å². The molecule has 1 heterocycles. The van der Waals surface area contributed by atoms with Crippen molar-refractivity contribution in [3.63, 3.8) is 0 Å². The number of nitrogens with two attached hydrogens (primary N) is 1. The van der Waals surface area contributed by atoms with Crippen LogP contribution >= 0.6 is 0 Å². The second kappa shape index (κ2) is 3.59. The fourth-order valence-electron chi connectivity index (χ4n) is 3.10. The summed E-state index contributed by atoms with van der Waals surface area (Å²) in [5.74, 6) is -2.77. The lowest BCUT2D eigenvalue weighted by molar-refractivity contribution is -0.0351. The minimum Gasteiger partial charge on any atom is -0.399 e. The Labute approximate surface area is 99.4 Å². The molecule has 1 saturated carbocycles. The maximum atomic E-state index is 13.6. The number of hydrogen-bond donors (Lipinski definition) is 1. The van der Waals surface area contributed by atoms with Gasteiger partial charge in [-0.25, -0.2) is 8.78 Å². The SMILES string of the molecule is Nc1ccc(N2C[C@@H]3CCC(F)(F)[C@H]3C2)cc1. The third-order valence-corrected chi connectivity index (χ3v) is 4.09. The molecule has 92 valence electrons. The summed E-state index contributed by atoms with van der Waals surface area (Å²) < 4.78 is 27.2. The van der Waals surface area contributed by atoms with Gasteiger partial charge in [0.1, 0.15) is 0 Å². The number of nitrogen functional groups attached to an aromatic ring is 1. The zero-order chi connectivity index (χ0) is 12.0. The van der Waals surface area contributed by atoms with Crippen LogP contribution < -0.4 is 10.6 Å². The lowest BCUT2D eigenvalue weighted by atomic mass is 9.99. The van der Waals surface area contributed by atoms with Gasteiger partial charge in [0, 0.05) is 36.8 Å². The van der Waals surface area contributed by atoms with Gasteiger partial charge in [-0.2, -0.15) is 0 Å². The topological polar surface area (TPSA) is 29.3 Å². The van der Waals surface area contributed by atoms with Crippen molar-refractivity contribution in [2.75, 3.05) is 23.7 Å². The van der Waals surface area contributed by atoms with E-state index in [0.717, 1.165) is 12.2 Å². The highest BCUT2D eigenvalue weighted by atomic mass is 19.3. The summed E-state index contributed by atoms with van der Waals surface area (Å²) in [5.41, 5.74) is 7.33. The average molecular weight is 238 g/mol. The van der Waals surface area contributed by atoms with E-state index >= 15 is 0 Å². The molecule has 1 aliphatic carbocycles. The van der Waals surface area contributed by atoms with E-state index in [1.54, 1.807) is 0 Å². The molecule has 4 heteroatoms. The van der Waals surface area contributed by atoms with Crippen LogP contribution in [0.4, 0.5) is 20.2 Å². The monoisotopic (exact) mass is 238 g/mol. The van der Waals surface area contributed by atoms with E-state index < -0.39 is 11.8 Å². The minimum atomic E-state index is -2.47. The molecule has 1 aromatic rings. The van der Waals surface area contributed by atoms with Crippen molar-refractivity contribution in [3.05, 3.63) is 24.3 Å². The number of fused-ring (bicyclic) bond motifs is 1. The smallest absolute Gasteiger partial charge is 0.252 e. The maximum absolute atomic E-state index is 13.6. The maximum Gasteiger partial charge on any atom is 0.252 e. The second-order valence-electron chi connectivity index (χ2n) is 5.16. The van der Waals surface area contributed by atoms with Gasteiger partial charge in [-0.1, -0.05) is 0 Å². The number of halogens is 2. The van der Waals surface area contributed by atoms with E-state index in [4.69, 9.17) is 5.73 Å². The Kier molecular flexibility index (Phi) is 2.28. The van der Waals surface area contributed by atoms with Gasteiger partial charge in [0.2, 0.25) is 0 Å². The van der Waals surface area contributed by atoms with E-state index in [-0.39, 0.29) is 12.3 Å². The number of hydrogen-bond acceptors (Lipinski definition) is 2. The molecule has 2 nitrogen and oxygen atoms in total. The van der Waals surface area contributed by atoms with Gasteiger partial charge in [0.05, 0.1) is 0 Å². The third kappa shape index (κ3) is 1.75. The van der Waals surface area contributed by atoms with Crippen LogP contribution in [0.5, 0.6) is 0 Å². The lowest BCUT2D eigenvalue weighted by Crippen LogP contribution is -2.28. The van der Waals surface area contributed by atoms with Gasteiger partial charge in [-0.05, 0) is 36.6 Å². The van der Waals surface area contributed by atoms with Gasteiger partial charge < -0.3 is 10.6 Å². The fourth-order valence-corrected chi connectivity index (χ4v) is 3.10. The third-order valence-electron chi connectivity index (χ3n) is 4.09. The molecule has 3 rings (SSSR count). The minimum absolute atomic E-state index is 0.0674. The van der Waals surface area contributed by atoms with E-state index in [0.29, 0.717) is 18.7 Å². The first-order valence-corrected chi connectivity index (χ1v) is 6.04. The zero-order valence-electron chi connectivity index (χ0n) is 9.57. The first kappa shape index (κ1) is 10.8. The van der Waals surface area contributed by atoms with Crippen LogP contribution in [0.2, 0.25) is 0 Å². The number of nitrogens with zero attached hydrogens (tertiary/aromatic N) is 1. The van der Waals surface area contributed by atoms with Crippen LogP contribution in [0, 0.1) is 11.8 Å². The normalized spacial score (nSPS) is 30.6. The lowest BCUT2D eigenvalue weighted by Gasteiger charge is -2.22. The van der Waals surface area contributed by atoms with Gasteiger partial charge in [0.15, 0.2) is 0 Å². The molecule has 2 atom stereocenters. The van der Waals surface area contributed by atoms with Crippen molar-refractivity contribution in [1.29, 1.82) is 0 Å². The molecular weight excluding hydrogens is 222 g/mol. The summed E-state index contributed by atoms with van der Waals surface area (Å²) in [6.45, 7) is 1.23. The van der Waals surface area contributed by atoms with Crippen LogP contribution in [0.3, 0.4) is 0 Å². The zero-order valence-corrected chi connectivity index (χ0v) is 9.57. The Balaban J connectivity index is 1.79. The average Bonchev–Trinajstić information content (AvgIpc) is 2.82. The van der Waals surface area contributed by atoms with Crippen molar-refractivity contribution < 1.29 is 8.78 Å². The predicted octanol–water partition coefficient (Wildman–Crippen LogP) is 2.75. The molecule has 0 aromatic heterocycles. The van der Waals surface area contributed by atoms with Gasteiger partial charge >= 0.3 is 0 Å². The summed E-state index contributed by atoms with van der Waals surface area (Å²) >= 11 is 0. The molecule has 1 saturated heterocycles. The standard InChI is InChI=1S/C13H16F2N2/c14-13(15)6-5-9-7-17(8-12(9)13)11-3-1-10(16)2-4-11/h1-4,9,12H,5-8,16H2/t9-,12-/m0/s1. The first-order valence-electron chi connectivity index (χ1n) is 6.04. The second-order valence-corrected chi connectivity index (χ2v) is 5.16. The van der Waals surface area contributed by atoms with Crippen molar-refractivity contribution in [2.45, 2.75) is 18.8 Å². The van der Waals surface area contributed by atoms with E-state index in [9.17, 15) is 8.78 Å². The van der Waals surface area contributed by atoms with Crippen LogP contribution in [0.25, 0.3) is 0 Å². The summed E-state index contributed by atoms with van der Waals surface area (Å²) in [5, 5.41) is 0.